The number of nitrogens with zero attached hydrogens (tertiary/aromatic N) is 1. The summed E-state index contributed by atoms with van der Waals surface area (Å²) in [6, 6.07) is 15.4. The van der Waals surface area contributed by atoms with Crippen molar-refractivity contribution in [2.45, 2.75) is 9.79 Å². The van der Waals surface area contributed by atoms with Gasteiger partial charge in [-0.3, -0.25) is 9.63 Å². The zero-order chi connectivity index (χ0) is 16.4. The number of halogens is 1. The number of rotatable bonds is 4. The summed E-state index contributed by atoms with van der Waals surface area (Å²) in [6.45, 7) is 0. The predicted molar refractivity (Wildman–Crippen MR) is 93.0 cm³/mol. The van der Waals surface area contributed by atoms with E-state index in [9.17, 15) is 4.79 Å². The molecule has 0 spiro atoms. The normalized spacial score (nSPS) is 10.9. The summed E-state index contributed by atoms with van der Waals surface area (Å²) in [5.74, 6) is -0.238. The fraction of sp³-hybridized carbons (Fsp3) is 0.118. The third-order valence-electron chi connectivity index (χ3n) is 3.45. The lowest BCUT2D eigenvalue weighted by atomic mass is 10.2. The molecule has 0 aliphatic carbocycles. The molecule has 0 atom stereocenters. The highest BCUT2D eigenvalue weighted by Gasteiger charge is 2.22. The number of amides is 1. The molecule has 23 heavy (non-hydrogen) atoms. The molecule has 118 valence electrons. The number of benzene rings is 2. The number of hydrogen-bond donors (Lipinski definition) is 1. The zero-order valence-electron chi connectivity index (χ0n) is 12.7. The van der Waals surface area contributed by atoms with E-state index in [-0.39, 0.29) is 5.91 Å². The van der Waals surface area contributed by atoms with Crippen LogP contribution < -0.4 is 0 Å². The number of H-pyrrole nitrogens is 1. The van der Waals surface area contributed by atoms with Crippen molar-refractivity contribution < 1.29 is 9.63 Å². The van der Waals surface area contributed by atoms with Crippen LogP contribution in [0.25, 0.3) is 10.9 Å². The van der Waals surface area contributed by atoms with E-state index in [1.165, 1.54) is 23.9 Å². The van der Waals surface area contributed by atoms with Gasteiger partial charge in [0.25, 0.3) is 5.91 Å². The van der Waals surface area contributed by atoms with Crippen LogP contribution in [0.4, 0.5) is 0 Å². The number of hydrogen-bond acceptors (Lipinski definition) is 3. The van der Waals surface area contributed by atoms with Gasteiger partial charge in [0.2, 0.25) is 0 Å². The van der Waals surface area contributed by atoms with E-state index in [1.807, 2.05) is 42.5 Å². The van der Waals surface area contributed by atoms with Crippen molar-refractivity contribution in [3.63, 3.8) is 0 Å². The van der Waals surface area contributed by atoms with E-state index in [2.05, 4.69) is 4.98 Å². The quantitative estimate of drug-likeness (QED) is 0.702. The first-order valence-electron chi connectivity index (χ1n) is 6.96. The van der Waals surface area contributed by atoms with Crippen molar-refractivity contribution in [3.05, 3.63) is 59.2 Å². The van der Waals surface area contributed by atoms with Crippen LogP contribution in [-0.4, -0.2) is 30.1 Å². The van der Waals surface area contributed by atoms with Crippen molar-refractivity contribution >= 4 is 40.2 Å². The zero-order valence-corrected chi connectivity index (χ0v) is 14.2. The number of aromatic nitrogens is 1. The monoisotopic (exact) mass is 346 g/mol. The lowest BCUT2D eigenvalue weighted by Gasteiger charge is -2.13. The molecule has 1 aromatic heterocycles. The number of carbonyl (C=O) groups is 1. The lowest BCUT2D eigenvalue weighted by molar-refractivity contribution is -0.0762. The average molecular weight is 347 g/mol. The summed E-state index contributed by atoms with van der Waals surface area (Å²) in [6.07, 6.45) is 0. The molecular weight excluding hydrogens is 332 g/mol. The van der Waals surface area contributed by atoms with E-state index in [0.717, 1.165) is 20.7 Å². The molecule has 0 radical (unpaired) electrons. The Labute approximate surface area is 143 Å². The molecule has 0 aliphatic rings. The van der Waals surface area contributed by atoms with Crippen molar-refractivity contribution in [2.75, 3.05) is 14.2 Å². The molecular formula is C17H15ClN2O2S. The summed E-state index contributed by atoms with van der Waals surface area (Å²) in [4.78, 5) is 22.6. The first-order valence-corrected chi connectivity index (χ1v) is 8.16. The molecule has 1 amide bonds. The Morgan fingerprint density at radius 1 is 1.22 bits per heavy atom. The predicted octanol–water partition coefficient (Wildman–Crippen LogP) is 4.61. The Morgan fingerprint density at radius 3 is 2.65 bits per heavy atom. The Morgan fingerprint density at radius 2 is 1.96 bits per heavy atom. The molecule has 3 rings (SSSR count). The number of fused-ring (bicyclic) bond motifs is 1. The van der Waals surface area contributed by atoms with Gasteiger partial charge >= 0.3 is 0 Å². The Kier molecular flexibility index (Phi) is 4.61. The lowest BCUT2D eigenvalue weighted by Crippen LogP contribution is -2.26. The van der Waals surface area contributed by atoms with Gasteiger partial charge in [0.15, 0.2) is 0 Å². The van der Waals surface area contributed by atoms with Gasteiger partial charge in [0.1, 0.15) is 5.69 Å². The molecule has 0 aliphatic heterocycles. The Bertz CT molecular complexity index is 848. The second-order valence-corrected chi connectivity index (χ2v) is 6.44. The summed E-state index contributed by atoms with van der Waals surface area (Å²) in [5, 5.41) is 2.74. The first kappa shape index (κ1) is 15.9. The molecule has 0 fully saturated rings. The van der Waals surface area contributed by atoms with Crippen molar-refractivity contribution in [1.29, 1.82) is 0 Å². The third kappa shape index (κ3) is 3.22. The molecule has 3 aromatic rings. The fourth-order valence-electron chi connectivity index (χ4n) is 2.24. The van der Waals surface area contributed by atoms with E-state index in [1.54, 1.807) is 13.1 Å². The van der Waals surface area contributed by atoms with Crippen molar-refractivity contribution in [3.8, 4) is 0 Å². The van der Waals surface area contributed by atoms with Gasteiger partial charge < -0.3 is 4.98 Å². The van der Waals surface area contributed by atoms with E-state index in [0.29, 0.717) is 10.7 Å². The smallest absolute Gasteiger partial charge is 0.294 e. The van der Waals surface area contributed by atoms with Gasteiger partial charge in [-0.25, -0.2) is 5.06 Å². The summed E-state index contributed by atoms with van der Waals surface area (Å²) in [5.41, 5.74) is 1.35. The van der Waals surface area contributed by atoms with Gasteiger partial charge in [-0.1, -0.05) is 41.6 Å². The van der Waals surface area contributed by atoms with E-state index in [4.69, 9.17) is 16.4 Å². The molecule has 6 heteroatoms. The maximum absolute atomic E-state index is 12.6. The van der Waals surface area contributed by atoms with Gasteiger partial charge in [-0.05, 0) is 30.3 Å². The summed E-state index contributed by atoms with van der Waals surface area (Å²) < 4.78 is 0. The number of nitrogens with one attached hydrogen (secondary N) is 1. The van der Waals surface area contributed by atoms with Crippen LogP contribution in [0.2, 0.25) is 5.02 Å². The second kappa shape index (κ2) is 6.66. The van der Waals surface area contributed by atoms with Crippen LogP contribution in [0.15, 0.2) is 58.3 Å². The van der Waals surface area contributed by atoms with Crippen LogP contribution in [0.3, 0.4) is 0 Å². The van der Waals surface area contributed by atoms with Crippen LogP contribution in [0, 0.1) is 0 Å². The minimum Gasteiger partial charge on any atom is -0.349 e. The maximum atomic E-state index is 12.6. The highest BCUT2D eigenvalue weighted by Crippen LogP contribution is 2.38. The van der Waals surface area contributed by atoms with Gasteiger partial charge in [0.05, 0.1) is 12.0 Å². The highest BCUT2D eigenvalue weighted by molar-refractivity contribution is 7.99. The standard InChI is InChI=1S/C17H15ClN2O2S/c1-20(22-2)17(21)15-16(23-12-6-4-3-5-7-12)13-10-11(18)8-9-14(13)19-15/h3-10,19H,1-2H3. The van der Waals surface area contributed by atoms with Crippen molar-refractivity contribution in [1.82, 2.24) is 10.0 Å². The topological polar surface area (TPSA) is 45.3 Å². The third-order valence-corrected chi connectivity index (χ3v) is 4.82. The summed E-state index contributed by atoms with van der Waals surface area (Å²) in [7, 11) is 3.04. The van der Waals surface area contributed by atoms with Crippen molar-refractivity contribution in [2.24, 2.45) is 0 Å². The summed E-state index contributed by atoms with van der Waals surface area (Å²) >= 11 is 7.65. The maximum Gasteiger partial charge on any atom is 0.294 e. The Balaban J connectivity index is 2.14. The van der Waals surface area contributed by atoms with E-state index >= 15 is 0 Å². The van der Waals surface area contributed by atoms with Crippen LogP contribution in [0.1, 0.15) is 10.5 Å². The van der Waals surface area contributed by atoms with E-state index < -0.39 is 0 Å². The molecule has 0 bridgehead atoms. The largest absolute Gasteiger partial charge is 0.349 e. The minimum atomic E-state index is -0.238. The highest BCUT2D eigenvalue weighted by atomic mass is 35.5. The number of carbonyl (C=O) groups excluding carboxylic acids is 1. The SMILES string of the molecule is CON(C)C(=O)c1[nH]c2ccc(Cl)cc2c1Sc1ccccc1. The molecule has 1 N–H and O–H groups in total. The second-order valence-electron chi connectivity index (χ2n) is 4.92. The molecule has 0 saturated heterocycles. The molecule has 0 saturated carbocycles. The van der Waals surface area contributed by atoms with Crippen LogP contribution in [-0.2, 0) is 4.84 Å². The number of aromatic amines is 1. The molecule has 4 nitrogen and oxygen atoms in total. The first-order chi connectivity index (χ1) is 11.1. The van der Waals surface area contributed by atoms with Crippen LogP contribution >= 0.6 is 23.4 Å². The molecule has 0 unspecified atom stereocenters. The van der Waals surface area contributed by atoms with Crippen LogP contribution in [0.5, 0.6) is 0 Å². The Hall–Kier alpha value is -1.95. The van der Waals surface area contributed by atoms with Gasteiger partial charge in [-0.15, -0.1) is 0 Å². The molecule has 2 aromatic carbocycles. The number of hydroxylamine groups is 2. The van der Waals surface area contributed by atoms with Gasteiger partial charge in [0, 0.05) is 27.9 Å². The molecule has 1 heterocycles. The fourth-order valence-corrected chi connectivity index (χ4v) is 3.46. The minimum absolute atomic E-state index is 0.238. The van der Waals surface area contributed by atoms with Gasteiger partial charge in [-0.2, -0.15) is 0 Å². The average Bonchev–Trinajstić information content (AvgIpc) is 2.92.